The number of benzene rings is 1. The monoisotopic (exact) mass is 386 g/mol. The van der Waals surface area contributed by atoms with E-state index >= 15 is 0 Å². The van der Waals surface area contributed by atoms with Crippen LogP contribution in [0, 0.1) is 0 Å². The van der Waals surface area contributed by atoms with Gasteiger partial charge in [-0.25, -0.2) is 0 Å². The number of amides is 2. The van der Waals surface area contributed by atoms with E-state index in [-0.39, 0.29) is 18.4 Å². The Kier molecular flexibility index (Phi) is 9.91. The minimum Gasteiger partial charge on any atom is -0.354 e. The molecule has 140 valence electrons. The van der Waals surface area contributed by atoms with Crippen molar-refractivity contribution in [2.75, 3.05) is 6.54 Å². The van der Waals surface area contributed by atoms with Crippen LogP contribution in [-0.4, -0.2) is 29.3 Å². The fraction of sp³-hybridized carbons (Fsp3) is 0.579. The lowest BCUT2D eigenvalue weighted by Gasteiger charge is -2.31. The average molecular weight is 387 g/mol. The van der Waals surface area contributed by atoms with Gasteiger partial charge in [0.2, 0.25) is 11.8 Å². The molecule has 0 fully saturated rings. The van der Waals surface area contributed by atoms with E-state index in [2.05, 4.69) is 12.2 Å². The molecule has 0 aliphatic carbocycles. The van der Waals surface area contributed by atoms with E-state index in [0.717, 1.165) is 19.3 Å². The van der Waals surface area contributed by atoms with Crippen LogP contribution in [0.5, 0.6) is 0 Å². The van der Waals surface area contributed by atoms with Crippen LogP contribution < -0.4 is 5.32 Å². The van der Waals surface area contributed by atoms with Crippen LogP contribution >= 0.6 is 23.2 Å². The van der Waals surface area contributed by atoms with Gasteiger partial charge in [0, 0.05) is 35.1 Å². The van der Waals surface area contributed by atoms with Crippen LogP contribution in [0.4, 0.5) is 0 Å². The van der Waals surface area contributed by atoms with E-state index in [4.69, 9.17) is 23.2 Å². The van der Waals surface area contributed by atoms with Gasteiger partial charge in [-0.15, -0.1) is 0 Å². The van der Waals surface area contributed by atoms with Gasteiger partial charge < -0.3 is 10.2 Å². The van der Waals surface area contributed by atoms with Gasteiger partial charge in [-0.05, 0) is 31.4 Å². The molecule has 1 rings (SSSR count). The molecule has 1 aromatic carbocycles. The third-order valence-corrected chi connectivity index (χ3v) is 4.78. The summed E-state index contributed by atoms with van der Waals surface area (Å²) in [5.41, 5.74) is 0.676. The average Bonchev–Trinajstić information content (AvgIpc) is 2.57. The summed E-state index contributed by atoms with van der Waals surface area (Å²) >= 11 is 12.5. The lowest BCUT2D eigenvalue weighted by molar-refractivity contribution is -0.141. The van der Waals surface area contributed by atoms with Crippen molar-refractivity contribution in [1.29, 1.82) is 0 Å². The van der Waals surface area contributed by atoms with Crippen molar-refractivity contribution in [3.05, 3.63) is 33.8 Å². The van der Waals surface area contributed by atoms with E-state index < -0.39 is 6.04 Å². The van der Waals surface area contributed by atoms with Crippen molar-refractivity contribution in [3.8, 4) is 0 Å². The summed E-state index contributed by atoms with van der Waals surface area (Å²) < 4.78 is 0. The number of halogens is 2. The maximum atomic E-state index is 12.7. The zero-order valence-corrected chi connectivity index (χ0v) is 16.8. The highest BCUT2D eigenvalue weighted by atomic mass is 35.5. The lowest BCUT2D eigenvalue weighted by Crippen LogP contribution is -2.49. The summed E-state index contributed by atoms with van der Waals surface area (Å²) in [7, 11) is 0. The Morgan fingerprint density at radius 1 is 1.12 bits per heavy atom. The minimum atomic E-state index is -0.525. The first-order valence-electron chi connectivity index (χ1n) is 8.96. The Hall–Kier alpha value is -1.26. The van der Waals surface area contributed by atoms with Gasteiger partial charge in [-0.2, -0.15) is 0 Å². The molecule has 0 spiro atoms. The van der Waals surface area contributed by atoms with Gasteiger partial charge in [-0.1, -0.05) is 56.5 Å². The predicted molar refractivity (Wildman–Crippen MR) is 104 cm³/mol. The second kappa shape index (κ2) is 11.4. The van der Waals surface area contributed by atoms with Gasteiger partial charge in [-0.3, -0.25) is 9.59 Å². The Labute approximate surface area is 160 Å². The van der Waals surface area contributed by atoms with Crippen molar-refractivity contribution in [2.24, 2.45) is 0 Å². The molecule has 0 bridgehead atoms. The van der Waals surface area contributed by atoms with Crippen LogP contribution in [-0.2, 0) is 16.1 Å². The Morgan fingerprint density at radius 3 is 2.28 bits per heavy atom. The van der Waals surface area contributed by atoms with Crippen LogP contribution in [0.3, 0.4) is 0 Å². The Bertz CT molecular complexity index is 558. The summed E-state index contributed by atoms with van der Waals surface area (Å²) in [5, 5.41) is 3.93. The van der Waals surface area contributed by atoms with Crippen molar-refractivity contribution in [3.63, 3.8) is 0 Å². The molecule has 6 heteroatoms. The number of carbonyl (C=O) groups is 2. The first kappa shape index (κ1) is 21.8. The minimum absolute atomic E-state index is 0.0593. The number of nitrogens with zero attached hydrogens (tertiary/aromatic N) is 1. The zero-order valence-electron chi connectivity index (χ0n) is 15.3. The third-order valence-electron chi connectivity index (χ3n) is 4.07. The molecule has 1 N–H and O–H groups in total. The van der Waals surface area contributed by atoms with E-state index in [1.807, 2.05) is 13.8 Å². The highest BCUT2D eigenvalue weighted by Gasteiger charge is 2.28. The molecule has 0 saturated heterocycles. The summed E-state index contributed by atoms with van der Waals surface area (Å²) in [6, 6.07) is 4.73. The van der Waals surface area contributed by atoms with Crippen LogP contribution in [0.15, 0.2) is 18.2 Å². The smallest absolute Gasteiger partial charge is 0.242 e. The quantitative estimate of drug-likeness (QED) is 0.586. The molecule has 0 unspecified atom stereocenters. The highest BCUT2D eigenvalue weighted by Crippen LogP contribution is 2.27. The number of hydrogen-bond acceptors (Lipinski definition) is 2. The number of rotatable bonds is 10. The SMILES string of the molecule is CCCCNC(=O)[C@H](CC)N(Cc1c(Cl)cccc1Cl)C(=O)CCC. The van der Waals surface area contributed by atoms with Gasteiger partial charge in [0.15, 0.2) is 0 Å². The van der Waals surface area contributed by atoms with Gasteiger partial charge in [0.1, 0.15) is 6.04 Å². The number of carbonyl (C=O) groups excluding carboxylic acids is 2. The maximum Gasteiger partial charge on any atom is 0.242 e. The Morgan fingerprint density at radius 2 is 1.76 bits per heavy atom. The summed E-state index contributed by atoms with van der Waals surface area (Å²) in [5.74, 6) is -0.181. The molecule has 1 aromatic rings. The molecule has 2 amide bonds. The number of unbranched alkanes of at least 4 members (excludes halogenated alkanes) is 1. The van der Waals surface area contributed by atoms with Crippen molar-refractivity contribution < 1.29 is 9.59 Å². The second-order valence-electron chi connectivity index (χ2n) is 6.04. The molecular formula is C19H28Cl2N2O2. The first-order chi connectivity index (χ1) is 12.0. The number of nitrogens with one attached hydrogen (secondary N) is 1. The van der Waals surface area contributed by atoms with Crippen molar-refractivity contribution in [1.82, 2.24) is 10.2 Å². The fourth-order valence-electron chi connectivity index (χ4n) is 2.64. The molecule has 4 nitrogen and oxygen atoms in total. The standard InChI is InChI=1S/C19H28Cl2N2O2/c1-4-7-12-22-19(25)17(6-3)23(18(24)9-5-2)13-14-15(20)10-8-11-16(14)21/h8,10-11,17H,4-7,9,12-13H2,1-3H3,(H,22,25)/t17-/m0/s1. The maximum absolute atomic E-state index is 12.7. The van der Waals surface area contributed by atoms with E-state index in [1.54, 1.807) is 23.1 Å². The predicted octanol–water partition coefficient (Wildman–Crippen LogP) is 4.82. The summed E-state index contributed by atoms with van der Waals surface area (Å²) in [6.45, 7) is 6.77. The molecule has 0 saturated carbocycles. The Balaban J connectivity index is 3.05. The van der Waals surface area contributed by atoms with Crippen LogP contribution in [0.2, 0.25) is 10.0 Å². The first-order valence-corrected chi connectivity index (χ1v) is 9.71. The fourth-order valence-corrected chi connectivity index (χ4v) is 3.15. The van der Waals surface area contributed by atoms with E-state index in [0.29, 0.717) is 35.0 Å². The molecule has 0 radical (unpaired) electrons. The summed E-state index contributed by atoms with van der Waals surface area (Å²) in [6.07, 6.45) is 3.57. The van der Waals surface area contributed by atoms with Crippen molar-refractivity contribution >= 4 is 35.0 Å². The molecule has 0 aromatic heterocycles. The van der Waals surface area contributed by atoms with Gasteiger partial charge in [0.25, 0.3) is 0 Å². The molecule has 0 aliphatic heterocycles. The topological polar surface area (TPSA) is 49.4 Å². The molecular weight excluding hydrogens is 359 g/mol. The van der Waals surface area contributed by atoms with Crippen LogP contribution in [0.25, 0.3) is 0 Å². The second-order valence-corrected chi connectivity index (χ2v) is 6.85. The number of hydrogen-bond donors (Lipinski definition) is 1. The van der Waals surface area contributed by atoms with Crippen LogP contribution in [0.1, 0.15) is 58.4 Å². The zero-order chi connectivity index (χ0) is 18.8. The van der Waals surface area contributed by atoms with E-state index in [1.165, 1.54) is 0 Å². The van der Waals surface area contributed by atoms with E-state index in [9.17, 15) is 9.59 Å². The molecule has 1 atom stereocenters. The summed E-state index contributed by atoms with van der Waals surface area (Å²) in [4.78, 5) is 26.9. The highest BCUT2D eigenvalue weighted by molar-refractivity contribution is 6.36. The molecule has 25 heavy (non-hydrogen) atoms. The molecule has 0 heterocycles. The third kappa shape index (κ3) is 6.52. The lowest BCUT2D eigenvalue weighted by atomic mass is 10.1. The largest absolute Gasteiger partial charge is 0.354 e. The van der Waals surface area contributed by atoms with Gasteiger partial charge >= 0.3 is 0 Å². The van der Waals surface area contributed by atoms with Gasteiger partial charge in [0.05, 0.1) is 0 Å². The van der Waals surface area contributed by atoms with Crippen molar-refractivity contribution in [2.45, 2.75) is 65.5 Å². The normalized spacial score (nSPS) is 11.9. The molecule has 0 aliphatic rings.